The molecule has 0 aromatic heterocycles. The molecule has 0 N–H and O–H groups in total. The third kappa shape index (κ3) is 1.82. The molecule has 0 unspecified atom stereocenters. The maximum absolute atomic E-state index is 12.4. The summed E-state index contributed by atoms with van der Waals surface area (Å²) in [4.78, 5) is 12.4. The molecule has 3 nitrogen and oxygen atoms in total. The number of epoxide rings is 1. The maximum Gasteiger partial charge on any atom is 0.338 e. The van der Waals surface area contributed by atoms with Crippen molar-refractivity contribution in [3.63, 3.8) is 0 Å². The predicted octanol–water partition coefficient (Wildman–Crippen LogP) is 3.69. The van der Waals surface area contributed by atoms with E-state index in [9.17, 15) is 4.79 Å². The number of carbonyl (C=O) groups excluding carboxylic acids is 1. The lowest BCUT2D eigenvalue weighted by atomic mass is 9.88. The second kappa shape index (κ2) is 4.68. The summed E-state index contributed by atoms with van der Waals surface area (Å²) in [5.41, 5.74) is 0.995. The van der Waals surface area contributed by atoms with E-state index in [0.29, 0.717) is 5.56 Å². The van der Waals surface area contributed by atoms with Crippen LogP contribution in [-0.2, 0) is 15.1 Å². The minimum Gasteiger partial charge on any atom is -0.455 e. The lowest BCUT2D eigenvalue weighted by Crippen LogP contribution is -2.31. The first-order valence-electron chi connectivity index (χ1n) is 7.67. The summed E-state index contributed by atoms with van der Waals surface area (Å²) in [6.45, 7) is 2.11. The van der Waals surface area contributed by atoms with Gasteiger partial charge in [-0.05, 0) is 37.5 Å². The molecule has 2 aliphatic rings. The number of benzene rings is 2. The van der Waals surface area contributed by atoms with Gasteiger partial charge in [-0.3, -0.25) is 0 Å². The van der Waals surface area contributed by atoms with E-state index in [4.69, 9.17) is 9.47 Å². The Labute approximate surface area is 129 Å². The van der Waals surface area contributed by atoms with Gasteiger partial charge >= 0.3 is 5.97 Å². The Bertz CT molecular complexity index is 697. The van der Waals surface area contributed by atoms with Crippen molar-refractivity contribution in [1.82, 2.24) is 0 Å². The van der Waals surface area contributed by atoms with Crippen molar-refractivity contribution in [3.05, 3.63) is 71.8 Å². The van der Waals surface area contributed by atoms with Crippen LogP contribution >= 0.6 is 0 Å². The Kier molecular flexibility index (Phi) is 2.88. The number of rotatable bonds is 3. The van der Waals surface area contributed by atoms with Gasteiger partial charge in [-0.1, -0.05) is 48.5 Å². The minimum absolute atomic E-state index is 0.212. The van der Waals surface area contributed by atoms with E-state index in [2.05, 4.69) is 19.1 Å². The van der Waals surface area contributed by atoms with Crippen LogP contribution in [0.3, 0.4) is 0 Å². The summed E-state index contributed by atoms with van der Waals surface area (Å²) in [6.07, 6.45) is 1.52. The van der Waals surface area contributed by atoms with Gasteiger partial charge in [-0.25, -0.2) is 4.79 Å². The lowest BCUT2D eigenvalue weighted by Gasteiger charge is -2.21. The first-order valence-corrected chi connectivity index (χ1v) is 7.67. The van der Waals surface area contributed by atoms with E-state index in [-0.39, 0.29) is 17.7 Å². The van der Waals surface area contributed by atoms with Crippen molar-refractivity contribution < 1.29 is 14.3 Å². The Balaban J connectivity index is 1.62. The van der Waals surface area contributed by atoms with E-state index in [0.717, 1.165) is 18.4 Å². The van der Waals surface area contributed by atoms with Gasteiger partial charge in [0.2, 0.25) is 0 Å². The van der Waals surface area contributed by atoms with E-state index >= 15 is 0 Å². The summed E-state index contributed by atoms with van der Waals surface area (Å²) in [7, 11) is 0. The quantitative estimate of drug-likeness (QED) is 0.640. The molecule has 0 spiro atoms. The van der Waals surface area contributed by atoms with Crippen molar-refractivity contribution in [2.24, 2.45) is 0 Å². The van der Waals surface area contributed by atoms with Crippen molar-refractivity contribution in [3.8, 4) is 0 Å². The normalized spacial score (nSPS) is 32.3. The Hall–Kier alpha value is -2.13. The maximum atomic E-state index is 12.4. The van der Waals surface area contributed by atoms with E-state index in [1.165, 1.54) is 0 Å². The number of fused-ring (bicyclic) bond motifs is 1. The van der Waals surface area contributed by atoms with Gasteiger partial charge in [0, 0.05) is 0 Å². The Morgan fingerprint density at radius 1 is 1.09 bits per heavy atom. The third-order valence-corrected chi connectivity index (χ3v) is 4.93. The standard InChI is InChI=1S/C19H18O3/c1-18-13-12-16(21-17(20)14-8-4-2-5-9-14)19(18,22-18)15-10-6-3-7-11-15/h2-11,16H,12-13H2,1H3/t16-,18-,19+/m1/s1. The average molecular weight is 294 g/mol. The van der Waals surface area contributed by atoms with Crippen molar-refractivity contribution >= 4 is 5.97 Å². The highest BCUT2D eigenvalue weighted by Gasteiger charge is 2.76. The number of ether oxygens (including phenoxy) is 2. The molecule has 1 heterocycles. The van der Waals surface area contributed by atoms with Gasteiger partial charge in [-0.2, -0.15) is 0 Å². The number of hydrogen-bond acceptors (Lipinski definition) is 3. The molecule has 2 fully saturated rings. The molecule has 3 atom stereocenters. The van der Waals surface area contributed by atoms with Gasteiger partial charge in [0.05, 0.1) is 5.56 Å². The zero-order valence-corrected chi connectivity index (χ0v) is 12.5. The van der Waals surface area contributed by atoms with Crippen molar-refractivity contribution in [1.29, 1.82) is 0 Å². The van der Waals surface area contributed by atoms with Crippen LogP contribution in [0.15, 0.2) is 60.7 Å². The van der Waals surface area contributed by atoms with Gasteiger partial charge in [0.1, 0.15) is 11.7 Å². The zero-order chi connectivity index (χ0) is 15.2. The van der Waals surface area contributed by atoms with Crippen LogP contribution in [0.1, 0.15) is 35.7 Å². The van der Waals surface area contributed by atoms with Crippen molar-refractivity contribution in [2.45, 2.75) is 37.1 Å². The van der Waals surface area contributed by atoms with Crippen LogP contribution in [0.2, 0.25) is 0 Å². The Morgan fingerprint density at radius 2 is 1.73 bits per heavy atom. The number of hydrogen-bond donors (Lipinski definition) is 0. The monoisotopic (exact) mass is 294 g/mol. The highest BCUT2D eigenvalue weighted by molar-refractivity contribution is 5.89. The Morgan fingerprint density at radius 3 is 2.36 bits per heavy atom. The zero-order valence-electron chi connectivity index (χ0n) is 12.5. The summed E-state index contributed by atoms with van der Waals surface area (Å²) in [5.74, 6) is -0.277. The molecule has 2 aromatic carbocycles. The molecule has 22 heavy (non-hydrogen) atoms. The van der Waals surface area contributed by atoms with Gasteiger partial charge < -0.3 is 9.47 Å². The largest absolute Gasteiger partial charge is 0.455 e. The van der Waals surface area contributed by atoms with Crippen LogP contribution in [0.4, 0.5) is 0 Å². The molecule has 2 aromatic rings. The first kappa shape index (κ1) is 13.5. The molecule has 1 aliphatic carbocycles. The SMILES string of the molecule is C[C@@]12CC[C@@H](OC(=O)c3ccccc3)[C@]1(c1ccccc1)O2. The van der Waals surface area contributed by atoms with E-state index in [1.54, 1.807) is 12.1 Å². The van der Waals surface area contributed by atoms with Gasteiger partial charge in [0.25, 0.3) is 0 Å². The van der Waals surface area contributed by atoms with Crippen LogP contribution in [-0.4, -0.2) is 17.7 Å². The van der Waals surface area contributed by atoms with Crippen LogP contribution in [0.25, 0.3) is 0 Å². The van der Waals surface area contributed by atoms with Crippen LogP contribution in [0, 0.1) is 0 Å². The molecule has 112 valence electrons. The fraction of sp³-hybridized carbons (Fsp3) is 0.316. The molecule has 4 rings (SSSR count). The molecule has 0 amide bonds. The smallest absolute Gasteiger partial charge is 0.338 e. The molecular weight excluding hydrogens is 276 g/mol. The number of carbonyl (C=O) groups is 1. The fourth-order valence-electron chi connectivity index (χ4n) is 3.73. The fourth-order valence-corrected chi connectivity index (χ4v) is 3.73. The first-order chi connectivity index (χ1) is 10.7. The third-order valence-electron chi connectivity index (χ3n) is 4.93. The highest BCUT2D eigenvalue weighted by Crippen LogP contribution is 2.66. The predicted molar refractivity (Wildman–Crippen MR) is 82.5 cm³/mol. The summed E-state index contributed by atoms with van der Waals surface area (Å²) >= 11 is 0. The average Bonchev–Trinajstić information content (AvgIpc) is 3.11. The molecule has 0 radical (unpaired) electrons. The van der Waals surface area contributed by atoms with E-state index < -0.39 is 5.60 Å². The summed E-state index contributed by atoms with van der Waals surface area (Å²) < 4.78 is 11.9. The van der Waals surface area contributed by atoms with Gasteiger partial charge in [0.15, 0.2) is 5.60 Å². The molecule has 1 saturated heterocycles. The minimum atomic E-state index is -0.474. The summed E-state index contributed by atoms with van der Waals surface area (Å²) in [5, 5.41) is 0. The molecule has 3 heteroatoms. The number of esters is 1. The lowest BCUT2D eigenvalue weighted by molar-refractivity contribution is 0.000628. The van der Waals surface area contributed by atoms with Gasteiger partial charge in [-0.15, -0.1) is 0 Å². The molecular formula is C19H18O3. The topological polar surface area (TPSA) is 38.8 Å². The second-order valence-corrected chi connectivity index (χ2v) is 6.23. The molecule has 1 aliphatic heterocycles. The second-order valence-electron chi connectivity index (χ2n) is 6.23. The highest BCUT2D eigenvalue weighted by atomic mass is 16.7. The van der Waals surface area contributed by atoms with Crippen LogP contribution in [0.5, 0.6) is 0 Å². The van der Waals surface area contributed by atoms with E-state index in [1.807, 2.05) is 36.4 Å². The van der Waals surface area contributed by atoms with Crippen LogP contribution < -0.4 is 0 Å². The van der Waals surface area contributed by atoms with Crippen molar-refractivity contribution in [2.75, 3.05) is 0 Å². The molecule has 0 bridgehead atoms. The molecule has 1 saturated carbocycles. The summed E-state index contributed by atoms with van der Waals surface area (Å²) in [6, 6.07) is 19.2.